The van der Waals surface area contributed by atoms with Gasteiger partial charge in [-0.25, -0.2) is 4.98 Å². The van der Waals surface area contributed by atoms with Crippen molar-refractivity contribution in [2.75, 3.05) is 5.01 Å². The largest absolute Gasteiger partial charge is 0.300 e. The molecule has 0 aliphatic carbocycles. The van der Waals surface area contributed by atoms with Crippen LogP contribution in [-0.2, 0) is 6.54 Å². The quantitative estimate of drug-likeness (QED) is 0.308. The van der Waals surface area contributed by atoms with Gasteiger partial charge in [-0.05, 0) is 35.4 Å². The van der Waals surface area contributed by atoms with E-state index in [1.807, 2.05) is 78.1 Å². The maximum Gasteiger partial charge on any atom is 0.175 e. The van der Waals surface area contributed by atoms with Gasteiger partial charge in [0, 0.05) is 11.8 Å². The third-order valence-electron chi connectivity index (χ3n) is 5.39. The number of aromatic nitrogens is 2. The Morgan fingerprint density at radius 2 is 1.24 bits per heavy atom. The molecule has 5 aromatic rings. The summed E-state index contributed by atoms with van der Waals surface area (Å²) in [5.74, 6) is 0. The van der Waals surface area contributed by atoms with Gasteiger partial charge in [-0.2, -0.15) is 5.10 Å². The van der Waals surface area contributed by atoms with Gasteiger partial charge in [-0.15, -0.1) is 0 Å². The maximum absolute atomic E-state index is 4.95. The van der Waals surface area contributed by atoms with Crippen LogP contribution in [0.5, 0.6) is 0 Å². The van der Waals surface area contributed by atoms with Gasteiger partial charge >= 0.3 is 0 Å². The molecule has 0 amide bonds. The van der Waals surface area contributed by atoms with E-state index in [0.29, 0.717) is 12.0 Å². The summed E-state index contributed by atoms with van der Waals surface area (Å²) in [4.78, 5) is 4.70. The topological polar surface area (TPSA) is 33.4 Å². The molecule has 5 rings (SSSR count). The zero-order chi connectivity index (χ0) is 22.3. The fourth-order valence-electron chi connectivity index (χ4n) is 3.75. The second-order valence-electron chi connectivity index (χ2n) is 7.68. The van der Waals surface area contributed by atoms with Crippen molar-refractivity contribution in [1.29, 1.82) is 0 Å². The minimum atomic E-state index is 0.654. The highest BCUT2D eigenvalue weighted by Gasteiger charge is 2.09. The Labute approximate surface area is 193 Å². The molecular weight excluding hydrogens is 404 g/mol. The average molecular weight is 429 g/mol. The fraction of sp³-hybridized carbons (Fsp3) is 0.0345. The number of para-hydroxylation sites is 2. The highest BCUT2D eigenvalue weighted by Crippen LogP contribution is 2.21. The minimum absolute atomic E-state index is 0.654. The van der Waals surface area contributed by atoms with Crippen LogP contribution in [0.2, 0.25) is 0 Å². The normalized spacial score (nSPS) is 11.3. The average Bonchev–Trinajstić information content (AvgIpc) is 2.90. The lowest BCUT2D eigenvalue weighted by molar-refractivity contribution is 0.805. The maximum atomic E-state index is 4.95. The first kappa shape index (κ1) is 20.5. The number of nitrogens with zero attached hydrogens (tertiary/aromatic N) is 4. The molecule has 0 radical (unpaired) electrons. The van der Waals surface area contributed by atoms with Crippen LogP contribution in [0.15, 0.2) is 139 Å². The Bertz CT molecular complexity index is 1360. The van der Waals surface area contributed by atoms with Crippen molar-refractivity contribution in [1.82, 2.24) is 9.55 Å². The van der Waals surface area contributed by atoms with E-state index in [1.54, 1.807) is 0 Å². The van der Waals surface area contributed by atoms with Gasteiger partial charge in [0.2, 0.25) is 0 Å². The van der Waals surface area contributed by atoms with Crippen molar-refractivity contribution in [2.45, 2.75) is 6.54 Å². The van der Waals surface area contributed by atoms with E-state index < -0.39 is 0 Å². The van der Waals surface area contributed by atoms with Crippen molar-refractivity contribution >= 4 is 5.69 Å². The Morgan fingerprint density at radius 3 is 1.91 bits per heavy atom. The lowest BCUT2D eigenvalue weighted by Gasteiger charge is -2.19. The Kier molecular flexibility index (Phi) is 6.07. The van der Waals surface area contributed by atoms with E-state index in [2.05, 4.69) is 65.2 Å². The van der Waals surface area contributed by atoms with Crippen LogP contribution >= 0.6 is 0 Å². The third kappa shape index (κ3) is 4.91. The van der Waals surface area contributed by atoms with Gasteiger partial charge in [0.1, 0.15) is 6.33 Å². The molecule has 0 aliphatic rings. The molecule has 0 bridgehead atoms. The van der Waals surface area contributed by atoms with Gasteiger partial charge in [-0.3, -0.25) is 5.01 Å². The molecule has 4 nitrogen and oxygen atoms in total. The summed E-state index contributed by atoms with van der Waals surface area (Å²) < 4.78 is 2.10. The highest BCUT2D eigenvalue weighted by molar-refractivity contribution is 5.61. The van der Waals surface area contributed by atoms with Crippen molar-refractivity contribution in [3.05, 3.63) is 145 Å². The van der Waals surface area contributed by atoms with Crippen LogP contribution in [0.25, 0.3) is 16.9 Å². The van der Waals surface area contributed by atoms with E-state index in [1.165, 1.54) is 5.56 Å². The summed E-state index contributed by atoms with van der Waals surface area (Å²) in [6, 6.07) is 43.2. The van der Waals surface area contributed by atoms with E-state index in [0.717, 1.165) is 22.6 Å². The van der Waals surface area contributed by atoms with Gasteiger partial charge in [0.05, 0.1) is 17.9 Å². The molecule has 0 spiro atoms. The molecule has 160 valence electrons. The van der Waals surface area contributed by atoms with Gasteiger partial charge < -0.3 is 4.57 Å². The Balaban J connectivity index is 1.63. The zero-order valence-electron chi connectivity index (χ0n) is 18.2. The molecule has 0 unspecified atom stereocenters. The summed E-state index contributed by atoms with van der Waals surface area (Å²) in [7, 11) is 0. The third-order valence-corrected chi connectivity index (χ3v) is 5.39. The van der Waals surface area contributed by atoms with E-state index in [9.17, 15) is 0 Å². The molecule has 0 atom stereocenters. The molecule has 4 aromatic carbocycles. The second kappa shape index (κ2) is 9.79. The molecule has 1 aromatic heterocycles. The standard InChI is InChI=1S/C29H24N4/c1-5-13-24(14-6-1)22-33(27-19-11-4-12-20-27)31-29-21-28(25-15-7-2-8-16-25)32(23-30-29)26-17-9-3-10-18-26/h1-21,23H,22H2/b31-29+. The molecule has 0 fully saturated rings. The molecule has 0 saturated heterocycles. The van der Waals surface area contributed by atoms with Gasteiger partial charge in [0.15, 0.2) is 5.49 Å². The van der Waals surface area contributed by atoms with Crippen LogP contribution in [0.3, 0.4) is 0 Å². The number of anilines is 1. The van der Waals surface area contributed by atoms with E-state index in [4.69, 9.17) is 10.1 Å². The lowest BCUT2D eigenvalue weighted by atomic mass is 10.1. The molecule has 0 N–H and O–H groups in total. The predicted octanol–water partition coefficient (Wildman–Crippen LogP) is 6.06. The first-order valence-electron chi connectivity index (χ1n) is 11.0. The summed E-state index contributed by atoms with van der Waals surface area (Å²) in [6.07, 6.45) is 1.85. The highest BCUT2D eigenvalue weighted by atomic mass is 15.5. The van der Waals surface area contributed by atoms with Crippen LogP contribution in [0.1, 0.15) is 5.56 Å². The molecule has 1 heterocycles. The summed E-state index contributed by atoms with van der Waals surface area (Å²) in [6.45, 7) is 0.654. The Hall–Kier alpha value is -4.44. The molecule has 4 heteroatoms. The lowest BCUT2D eigenvalue weighted by Crippen LogP contribution is -2.23. The van der Waals surface area contributed by atoms with E-state index >= 15 is 0 Å². The monoisotopic (exact) mass is 428 g/mol. The van der Waals surface area contributed by atoms with Crippen LogP contribution in [0, 0.1) is 0 Å². The molecular formula is C29H24N4. The van der Waals surface area contributed by atoms with Crippen molar-refractivity contribution < 1.29 is 0 Å². The predicted molar refractivity (Wildman–Crippen MR) is 134 cm³/mol. The first-order valence-corrected chi connectivity index (χ1v) is 11.0. The number of hydrogen-bond donors (Lipinski definition) is 0. The first-order chi connectivity index (χ1) is 16.4. The molecule has 0 aliphatic heterocycles. The summed E-state index contributed by atoms with van der Waals surface area (Å²) in [5, 5.41) is 6.95. The van der Waals surface area contributed by atoms with Gasteiger partial charge in [0.25, 0.3) is 0 Å². The van der Waals surface area contributed by atoms with Crippen LogP contribution in [-0.4, -0.2) is 9.55 Å². The van der Waals surface area contributed by atoms with Gasteiger partial charge in [-0.1, -0.05) is 97.1 Å². The zero-order valence-corrected chi connectivity index (χ0v) is 18.2. The minimum Gasteiger partial charge on any atom is -0.300 e. The summed E-state index contributed by atoms with van der Waals surface area (Å²) >= 11 is 0. The van der Waals surface area contributed by atoms with E-state index in [-0.39, 0.29) is 0 Å². The van der Waals surface area contributed by atoms with Crippen molar-refractivity contribution in [2.24, 2.45) is 5.10 Å². The van der Waals surface area contributed by atoms with Crippen molar-refractivity contribution in [3.63, 3.8) is 0 Å². The second-order valence-corrected chi connectivity index (χ2v) is 7.68. The Morgan fingerprint density at radius 1 is 0.667 bits per heavy atom. The van der Waals surface area contributed by atoms with Crippen molar-refractivity contribution in [3.8, 4) is 16.9 Å². The fourth-order valence-corrected chi connectivity index (χ4v) is 3.75. The molecule has 0 saturated carbocycles. The SMILES string of the molecule is c1ccc(CN(/N=c2\cc(-c3ccccc3)n(-c3ccccc3)cn2)c2ccccc2)cc1. The van der Waals surface area contributed by atoms with Crippen LogP contribution < -0.4 is 10.5 Å². The number of rotatable bonds is 6. The smallest absolute Gasteiger partial charge is 0.175 e. The number of hydrogen-bond acceptors (Lipinski definition) is 3. The van der Waals surface area contributed by atoms with Crippen LogP contribution in [0.4, 0.5) is 5.69 Å². The molecule has 33 heavy (non-hydrogen) atoms. The summed E-state index contributed by atoms with van der Waals surface area (Å²) in [5.41, 5.74) is 6.05. The number of benzene rings is 4.